The van der Waals surface area contributed by atoms with E-state index in [0.29, 0.717) is 6.17 Å². The summed E-state index contributed by atoms with van der Waals surface area (Å²) in [6.45, 7) is 13.4. The topological polar surface area (TPSA) is 24.1 Å². The molecule has 0 fully saturated rings. The first kappa shape index (κ1) is 12.9. The smallest absolute Gasteiger partial charge is 0.0569 e. The first-order valence-corrected chi connectivity index (χ1v) is 5.53. The second-order valence-corrected chi connectivity index (χ2v) is 4.57. The van der Waals surface area contributed by atoms with Crippen molar-refractivity contribution in [3.63, 3.8) is 0 Å². The summed E-state index contributed by atoms with van der Waals surface area (Å²) in [4.78, 5) is 0. The molecule has 0 radical (unpaired) electrons. The van der Waals surface area contributed by atoms with E-state index in [1.807, 2.05) is 0 Å². The minimum Gasteiger partial charge on any atom is -0.302 e. The predicted octanol–water partition coefficient (Wildman–Crippen LogP) is 2.21. The van der Waals surface area contributed by atoms with Crippen LogP contribution in [0, 0.1) is 11.8 Å². The number of hydrogen-bond acceptors (Lipinski definition) is 2. The van der Waals surface area contributed by atoms with Crippen LogP contribution in [0.5, 0.6) is 0 Å². The van der Waals surface area contributed by atoms with Crippen LogP contribution in [0.4, 0.5) is 0 Å². The summed E-state index contributed by atoms with van der Waals surface area (Å²) < 4.78 is 0. The van der Waals surface area contributed by atoms with Crippen molar-refractivity contribution in [1.82, 2.24) is 10.6 Å². The quantitative estimate of drug-likeness (QED) is 0.596. The lowest BCUT2D eigenvalue weighted by atomic mass is 10.2. The summed E-state index contributed by atoms with van der Waals surface area (Å²) in [7, 11) is 0. The molecular formula is C11H26N2. The van der Waals surface area contributed by atoms with Gasteiger partial charge in [-0.1, -0.05) is 34.6 Å². The van der Waals surface area contributed by atoms with Gasteiger partial charge in [0.05, 0.1) is 6.17 Å². The highest BCUT2D eigenvalue weighted by Crippen LogP contribution is 1.94. The summed E-state index contributed by atoms with van der Waals surface area (Å²) in [5.41, 5.74) is 0. The average Bonchev–Trinajstić information content (AvgIpc) is 2.04. The van der Waals surface area contributed by atoms with Gasteiger partial charge in [-0.3, -0.25) is 0 Å². The van der Waals surface area contributed by atoms with Gasteiger partial charge in [0.2, 0.25) is 0 Å². The van der Waals surface area contributed by atoms with Crippen molar-refractivity contribution in [2.24, 2.45) is 11.8 Å². The Hall–Kier alpha value is -0.0800. The molecule has 0 aromatic carbocycles. The molecule has 0 amide bonds. The maximum absolute atomic E-state index is 3.51. The van der Waals surface area contributed by atoms with Crippen LogP contribution >= 0.6 is 0 Å². The van der Waals surface area contributed by atoms with Crippen molar-refractivity contribution in [2.75, 3.05) is 13.1 Å². The van der Waals surface area contributed by atoms with Crippen molar-refractivity contribution in [1.29, 1.82) is 0 Å². The van der Waals surface area contributed by atoms with E-state index >= 15 is 0 Å². The van der Waals surface area contributed by atoms with Gasteiger partial charge in [0.25, 0.3) is 0 Å². The molecular weight excluding hydrogens is 160 g/mol. The van der Waals surface area contributed by atoms with Crippen LogP contribution in [-0.4, -0.2) is 19.3 Å². The van der Waals surface area contributed by atoms with E-state index in [9.17, 15) is 0 Å². The zero-order valence-electron chi connectivity index (χ0n) is 9.85. The molecule has 0 atom stereocenters. The third kappa shape index (κ3) is 8.26. The fourth-order valence-corrected chi connectivity index (χ4v) is 1.12. The van der Waals surface area contributed by atoms with E-state index in [2.05, 4.69) is 45.3 Å². The highest BCUT2D eigenvalue weighted by molar-refractivity contribution is 4.64. The van der Waals surface area contributed by atoms with Gasteiger partial charge < -0.3 is 10.6 Å². The van der Waals surface area contributed by atoms with Gasteiger partial charge in [-0.2, -0.15) is 0 Å². The fraction of sp³-hybridized carbons (Fsp3) is 1.00. The molecule has 2 heteroatoms. The van der Waals surface area contributed by atoms with Gasteiger partial charge in [-0.15, -0.1) is 0 Å². The molecule has 0 bridgehead atoms. The maximum Gasteiger partial charge on any atom is 0.0569 e. The third-order valence-electron chi connectivity index (χ3n) is 1.95. The number of rotatable bonds is 7. The Labute approximate surface area is 83.5 Å². The zero-order valence-corrected chi connectivity index (χ0v) is 9.85. The molecule has 0 spiro atoms. The number of hydrogen-bond donors (Lipinski definition) is 2. The van der Waals surface area contributed by atoms with E-state index in [1.54, 1.807) is 0 Å². The van der Waals surface area contributed by atoms with Crippen LogP contribution in [0.3, 0.4) is 0 Å². The van der Waals surface area contributed by atoms with Crippen molar-refractivity contribution in [3.8, 4) is 0 Å². The van der Waals surface area contributed by atoms with Crippen molar-refractivity contribution in [2.45, 2.75) is 47.2 Å². The van der Waals surface area contributed by atoms with Crippen LogP contribution < -0.4 is 10.6 Å². The average molecular weight is 186 g/mol. The van der Waals surface area contributed by atoms with E-state index in [4.69, 9.17) is 0 Å². The summed E-state index contributed by atoms with van der Waals surface area (Å²) in [5, 5.41) is 7.03. The molecule has 0 heterocycles. The van der Waals surface area contributed by atoms with Crippen LogP contribution in [0.2, 0.25) is 0 Å². The van der Waals surface area contributed by atoms with Crippen LogP contribution in [-0.2, 0) is 0 Å². The summed E-state index contributed by atoms with van der Waals surface area (Å²) in [6, 6.07) is 0. The second-order valence-electron chi connectivity index (χ2n) is 4.57. The Kier molecular flexibility index (Phi) is 7.29. The zero-order chi connectivity index (χ0) is 10.3. The van der Waals surface area contributed by atoms with Crippen LogP contribution in [0.1, 0.15) is 41.0 Å². The minimum atomic E-state index is 0.491. The molecule has 0 aliphatic rings. The second kappa shape index (κ2) is 7.34. The molecule has 0 aliphatic heterocycles. The predicted molar refractivity (Wildman–Crippen MR) is 59.8 cm³/mol. The molecule has 0 rings (SSSR count). The van der Waals surface area contributed by atoms with E-state index in [-0.39, 0.29) is 0 Å². The van der Waals surface area contributed by atoms with E-state index in [1.165, 1.54) is 0 Å². The largest absolute Gasteiger partial charge is 0.302 e. The molecule has 0 aromatic heterocycles. The monoisotopic (exact) mass is 186 g/mol. The molecule has 2 nitrogen and oxygen atoms in total. The molecule has 0 aromatic rings. The Balaban J connectivity index is 3.51. The maximum atomic E-state index is 3.51. The Morgan fingerprint density at radius 3 is 1.46 bits per heavy atom. The minimum absolute atomic E-state index is 0.491. The lowest BCUT2D eigenvalue weighted by molar-refractivity contribution is 0.370. The van der Waals surface area contributed by atoms with Crippen molar-refractivity contribution < 1.29 is 0 Å². The van der Waals surface area contributed by atoms with Gasteiger partial charge >= 0.3 is 0 Å². The van der Waals surface area contributed by atoms with Crippen LogP contribution in [0.15, 0.2) is 0 Å². The van der Waals surface area contributed by atoms with E-state index < -0.39 is 0 Å². The highest BCUT2D eigenvalue weighted by Gasteiger charge is 2.05. The first-order valence-electron chi connectivity index (χ1n) is 5.53. The molecule has 13 heavy (non-hydrogen) atoms. The van der Waals surface area contributed by atoms with Gasteiger partial charge in [0.1, 0.15) is 0 Å². The first-order chi connectivity index (χ1) is 6.06. The Morgan fingerprint density at radius 2 is 1.23 bits per heavy atom. The standard InChI is InChI=1S/C11H26N2/c1-6-11(12-7-9(2)3)13-8-10(4)5/h9-13H,6-8H2,1-5H3. The fourth-order valence-electron chi connectivity index (χ4n) is 1.12. The summed E-state index contributed by atoms with van der Waals surface area (Å²) in [6.07, 6.45) is 1.64. The van der Waals surface area contributed by atoms with Gasteiger partial charge in [-0.05, 0) is 31.3 Å². The van der Waals surface area contributed by atoms with Gasteiger partial charge in [-0.25, -0.2) is 0 Å². The van der Waals surface area contributed by atoms with Crippen molar-refractivity contribution >= 4 is 0 Å². The highest BCUT2D eigenvalue weighted by atomic mass is 15.1. The molecule has 0 unspecified atom stereocenters. The van der Waals surface area contributed by atoms with Gasteiger partial charge in [0.15, 0.2) is 0 Å². The summed E-state index contributed by atoms with van der Waals surface area (Å²) >= 11 is 0. The third-order valence-corrected chi connectivity index (χ3v) is 1.95. The normalized spacial score (nSPS) is 12.0. The summed E-state index contributed by atoms with van der Waals surface area (Å²) in [5.74, 6) is 1.46. The Bertz CT molecular complexity index is 98.7. The lowest BCUT2D eigenvalue weighted by Gasteiger charge is -2.21. The molecule has 2 N–H and O–H groups in total. The molecule has 0 saturated heterocycles. The van der Waals surface area contributed by atoms with Crippen molar-refractivity contribution in [3.05, 3.63) is 0 Å². The van der Waals surface area contributed by atoms with Gasteiger partial charge in [0, 0.05) is 0 Å². The lowest BCUT2D eigenvalue weighted by Crippen LogP contribution is -2.44. The number of nitrogens with one attached hydrogen (secondary N) is 2. The molecule has 80 valence electrons. The van der Waals surface area contributed by atoms with E-state index in [0.717, 1.165) is 31.3 Å². The van der Waals surface area contributed by atoms with Crippen LogP contribution in [0.25, 0.3) is 0 Å². The molecule has 0 aliphatic carbocycles. The Morgan fingerprint density at radius 1 is 0.846 bits per heavy atom. The SMILES string of the molecule is CCC(NCC(C)C)NCC(C)C. The molecule has 0 saturated carbocycles.